The average molecular weight is 670 g/mol. The molecule has 0 atom stereocenters. The van der Waals surface area contributed by atoms with Crippen LogP contribution in [-0.4, -0.2) is 39.1 Å². The molecule has 0 saturated heterocycles. The van der Waals surface area contributed by atoms with Crippen LogP contribution in [0.25, 0.3) is 21.5 Å². The van der Waals surface area contributed by atoms with Crippen molar-refractivity contribution in [3.8, 4) is 11.8 Å². The number of alkyl halides is 3. The van der Waals surface area contributed by atoms with Crippen molar-refractivity contribution < 1.29 is 44.8 Å². The highest BCUT2D eigenvalue weighted by Gasteiger charge is 2.48. The van der Waals surface area contributed by atoms with Gasteiger partial charge in [-0.1, -0.05) is 47.5 Å². The maximum atomic E-state index is 12.4. The van der Waals surface area contributed by atoms with Gasteiger partial charge in [0.05, 0.1) is 37.7 Å². The summed E-state index contributed by atoms with van der Waals surface area (Å²) in [7, 11) is -5.80. The topological polar surface area (TPSA) is 120 Å². The molecule has 4 rings (SSSR count). The number of esters is 2. The molecule has 0 unspecified atom stereocenters. The fourth-order valence-corrected chi connectivity index (χ4v) is 4.97. The Kier molecular flexibility index (Phi) is 11.4. The standard InChI is InChI=1S/C15H12ClF3O5S.C15H12ClNO2/c1-2-23-14(20)8-12-11-7-10(24-25(21,22)15(17,18)19)5-3-9(11)4-6-13(12)16;1-2-19-15(18)8-13-12-7-10(9-17)3-4-11(12)5-6-14(13)16/h3-7H,2,8H2,1H3;3-7H,2,8H2,1H3. The Hall–Kier alpha value is -4.05. The summed E-state index contributed by atoms with van der Waals surface area (Å²) in [6, 6.07) is 17.7. The minimum absolute atomic E-state index is 0.110. The second-order valence-electron chi connectivity index (χ2n) is 8.93. The summed E-state index contributed by atoms with van der Waals surface area (Å²) in [5.74, 6) is -1.44. The van der Waals surface area contributed by atoms with E-state index in [0.717, 1.165) is 22.9 Å². The van der Waals surface area contributed by atoms with Gasteiger partial charge in [0, 0.05) is 10.0 Å². The van der Waals surface area contributed by atoms with E-state index in [0.29, 0.717) is 33.7 Å². The largest absolute Gasteiger partial charge is 0.534 e. The van der Waals surface area contributed by atoms with E-state index in [1.54, 1.807) is 38.1 Å². The third-order valence-corrected chi connectivity index (χ3v) is 7.68. The summed E-state index contributed by atoms with van der Waals surface area (Å²) in [4.78, 5) is 23.3. The van der Waals surface area contributed by atoms with Gasteiger partial charge in [0.25, 0.3) is 0 Å². The normalized spacial score (nSPS) is 11.3. The zero-order valence-electron chi connectivity index (χ0n) is 23.2. The molecule has 4 aromatic rings. The van der Waals surface area contributed by atoms with Gasteiger partial charge in [-0.25, -0.2) is 0 Å². The third-order valence-electron chi connectivity index (χ3n) is 5.99. The molecule has 14 heteroatoms. The molecule has 4 aromatic carbocycles. The maximum Gasteiger partial charge on any atom is 0.534 e. The first-order valence-corrected chi connectivity index (χ1v) is 15.0. The lowest BCUT2D eigenvalue weighted by Gasteiger charge is -2.12. The van der Waals surface area contributed by atoms with Gasteiger partial charge < -0.3 is 13.7 Å². The quantitative estimate of drug-likeness (QED) is 0.109. The van der Waals surface area contributed by atoms with Crippen LogP contribution in [0.4, 0.5) is 13.2 Å². The van der Waals surface area contributed by atoms with Crippen molar-refractivity contribution in [2.45, 2.75) is 32.2 Å². The van der Waals surface area contributed by atoms with Gasteiger partial charge in [0.1, 0.15) is 5.75 Å². The van der Waals surface area contributed by atoms with Crippen molar-refractivity contribution in [3.05, 3.63) is 87.4 Å². The monoisotopic (exact) mass is 669 g/mol. The van der Waals surface area contributed by atoms with Crippen LogP contribution in [0.5, 0.6) is 5.75 Å². The molecule has 0 aliphatic heterocycles. The van der Waals surface area contributed by atoms with E-state index >= 15 is 0 Å². The van der Waals surface area contributed by atoms with Crippen molar-refractivity contribution in [3.63, 3.8) is 0 Å². The Bertz CT molecular complexity index is 1860. The Morgan fingerprint density at radius 2 is 1.25 bits per heavy atom. The molecule has 0 fully saturated rings. The smallest absolute Gasteiger partial charge is 0.466 e. The van der Waals surface area contributed by atoms with E-state index in [2.05, 4.69) is 10.3 Å². The number of ether oxygens (including phenoxy) is 2. The lowest BCUT2D eigenvalue weighted by Crippen LogP contribution is -2.28. The molecule has 232 valence electrons. The lowest BCUT2D eigenvalue weighted by atomic mass is 10.00. The van der Waals surface area contributed by atoms with E-state index in [9.17, 15) is 31.2 Å². The molecule has 44 heavy (non-hydrogen) atoms. The van der Waals surface area contributed by atoms with Crippen molar-refractivity contribution in [1.82, 2.24) is 0 Å². The molecule has 0 aromatic heterocycles. The molecule has 0 radical (unpaired) electrons. The summed E-state index contributed by atoms with van der Waals surface area (Å²) < 4.78 is 73.4. The number of carbonyl (C=O) groups is 2. The number of benzene rings is 4. The van der Waals surface area contributed by atoms with Gasteiger partial charge in [0.15, 0.2) is 0 Å². The van der Waals surface area contributed by atoms with Crippen LogP contribution in [0.15, 0.2) is 60.7 Å². The van der Waals surface area contributed by atoms with Gasteiger partial charge >= 0.3 is 27.6 Å². The number of fused-ring (bicyclic) bond motifs is 2. The van der Waals surface area contributed by atoms with Crippen LogP contribution in [0.1, 0.15) is 30.5 Å². The van der Waals surface area contributed by atoms with E-state index < -0.39 is 27.3 Å². The molecular formula is C30H24Cl2F3NO7S. The van der Waals surface area contributed by atoms with Crippen LogP contribution in [0.3, 0.4) is 0 Å². The van der Waals surface area contributed by atoms with E-state index in [4.69, 9.17) is 37.9 Å². The number of nitrogens with zero attached hydrogens (tertiary/aromatic N) is 1. The van der Waals surface area contributed by atoms with Gasteiger partial charge in [-0.05, 0) is 82.9 Å². The van der Waals surface area contributed by atoms with Gasteiger partial charge in [0.2, 0.25) is 0 Å². The summed E-state index contributed by atoms with van der Waals surface area (Å²) in [5.41, 5.74) is -4.01. The number of carbonyl (C=O) groups excluding carboxylic acids is 2. The second-order valence-corrected chi connectivity index (χ2v) is 11.3. The van der Waals surface area contributed by atoms with Crippen molar-refractivity contribution >= 4 is 66.8 Å². The average Bonchev–Trinajstić information content (AvgIpc) is 2.96. The SMILES string of the molecule is CCOC(=O)Cc1c(Cl)ccc2ccc(C#N)cc12.CCOC(=O)Cc1c(Cl)ccc2ccc(OS(=O)(=O)C(F)(F)F)cc12. The molecule has 0 amide bonds. The number of halogens is 5. The lowest BCUT2D eigenvalue weighted by molar-refractivity contribution is -0.143. The molecule has 0 saturated carbocycles. The highest BCUT2D eigenvalue weighted by atomic mass is 35.5. The van der Waals surface area contributed by atoms with E-state index in [-0.39, 0.29) is 35.8 Å². The van der Waals surface area contributed by atoms with E-state index in [1.165, 1.54) is 12.1 Å². The minimum atomic E-state index is -5.80. The number of nitriles is 1. The first kappa shape index (κ1) is 34.4. The predicted molar refractivity (Wildman–Crippen MR) is 159 cm³/mol. The van der Waals surface area contributed by atoms with Crippen LogP contribution < -0.4 is 4.18 Å². The first-order valence-electron chi connectivity index (χ1n) is 12.8. The van der Waals surface area contributed by atoms with Crippen LogP contribution in [0, 0.1) is 11.3 Å². The van der Waals surface area contributed by atoms with Crippen LogP contribution in [-0.2, 0) is 42.0 Å². The Labute approximate surface area is 261 Å². The molecule has 0 aliphatic rings. The molecule has 0 heterocycles. The molecule has 0 spiro atoms. The van der Waals surface area contributed by atoms with Crippen molar-refractivity contribution in [2.75, 3.05) is 13.2 Å². The first-order chi connectivity index (χ1) is 20.7. The van der Waals surface area contributed by atoms with Gasteiger partial charge in [-0.3, -0.25) is 9.59 Å². The van der Waals surface area contributed by atoms with Gasteiger partial charge in [-0.15, -0.1) is 0 Å². The summed E-state index contributed by atoms with van der Waals surface area (Å²) in [6.07, 6.45) is -0.113. The highest BCUT2D eigenvalue weighted by molar-refractivity contribution is 7.88. The molecule has 0 N–H and O–H groups in total. The number of rotatable bonds is 8. The molecule has 0 aliphatic carbocycles. The Morgan fingerprint density at radius 1 is 0.795 bits per heavy atom. The zero-order valence-corrected chi connectivity index (χ0v) is 25.5. The fraction of sp³-hybridized carbons (Fsp3) is 0.233. The van der Waals surface area contributed by atoms with Crippen LogP contribution >= 0.6 is 23.2 Å². The zero-order chi connectivity index (χ0) is 32.7. The third kappa shape index (κ3) is 8.53. The Morgan fingerprint density at radius 3 is 1.70 bits per heavy atom. The van der Waals surface area contributed by atoms with Crippen molar-refractivity contribution in [1.29, 1.82) is 5.26 Å². The van der Waals surface area contributed by atoms with Crippen LogP contribution in [0.2, 0.25) is 10.0 Å². The fourth-order valence-electron chi connectivity index (χ4n) is 4.06. The Balaban J connectivity index is 0.000000249. The van der Waals surface area contributed by atoms with E-state index in [1.807, 2.05) is 12.1 Å². The summed E-state index contributed by atoms with van der Waals surface area (Å²) >= 11 is 12.2. The molecule has 0 bridgehead atoms. The molecular weight excluding hydrogens is 646 g/mol. The number of hydrogen-bond acceptors (Lipinski definition) is 8. The van der Waals surface area contributed by atoms with Gasteiger partial charge in [-0.2, -0.15) is 26.9 Å². The molecule has 8 nitrogen and oxygen atoms in total. The summed E-state index contributed by atoms with van der Waals surface area (Å²) in [5, 5.41) is 12.2. The van der Waals surface area contributed by atoms with Crippen molar-refractivity contribution in [2.24, 2.45) is 0 Å². The maximum absolute atomic E-state index is 12.4. The highest BCUT2D eigenvalue weighted by Crippen LogP contribution is 2.33. The predicted octanol–water partition coefficient (Wildman–Crippen LogP) is 7.30. The number of hydrogen-bond donors (Lipinski definition) is 0. The summed E-state index contributed by atoms with van der Waals surface area (Å²) in [6.45, 7) is 3.87. The second kappa shape index (κ2) is 14.6. The minimum Gasteiger partial charge on any atom is -0.466 e.